The largest absolute Gasteiger partial charge is 0.326 e. The molecule has 21 heavy (non-hydrogen) atoms. The second-order valence-corrected chi connectivity index (χ2v) is 5.23. The van der Waals surface area contributed by atoms with E-state index in [2.05, 4.69) is 0 Å². The van der Waals surface area contributed by atoms with Crippen molar-refractivity contribution >= 4 is 17.5 Å². The molecule has 0 aliphatic carbocycles. The molecule has 4 heteroatoms. The van der Waals surface area contributed by atoms with Gasteiger partial charge in [-0.15, -0.1) is 0 Å². The Hall–Kier alpha value is -2.46. The summed E-state index contributed by atoms with van der Waals surface area (Å²) in [6.45, 7) is 3.98. The molecule has 3 rings (SSSR count). The number of para-hydroxylation sites is 1. The average Bonchev–Trinajstić information content (AvgIpc) is 2.75. The number of imide groups is 1. The van der Waals surface area contributed by atoms with E-state index in [9.17, 15) is 9.59 Å². The van der Waals surface area contributed by atoms with Crippen molar-refractivity contribution < 1.29 is 9.59 Å². The number of aryl methyl sites for hydroxylation is 2. The Morgan fingerprint density at radius 1 is 0.905 bits per heavy atom. The fourth-order valence-corrected chi connectivity index (χ4v) is 2.80. The fourth-order valence-electron chi connectivity index (χ4n) is 2.80. The second-order valence-electron chi connectivity index (χ2n) is 5.23. The first-order chi connectivity index (χ1) is 10.1. The maximum atomic E-state index is 12.7. The van der Waals surface area contributed by atoms with Crippen LogP contribution in [0.25, 0.3) is 0 Å². The molecule has 2 N–H and O–H groups in total. The molecule has 4 nitrogen and oxygen atoms in total. The van der Waals surface area contributed by atoms with Gasteiger partial charge in [0.05, 0.1) is 16.8 Å². The molecule has 0 unspecified atom stereocenters. The smallest absolute Gasteiger partial charge is 0.266 e. The van der Waals surface area contributed by atoms with Gasteiger partial charge in [0.2, 0.25) is 0 Å². The molecule has 0 saturated heterocycles. The summed E-state index contributed by atoms with van der Waals surface area (Å²) in [4.78, 5) is 26.7. The number of carbonyl (C=O) groups excluding carboxylic acids is 2. The number of nitrogens with zero attached hydrogens (tertiary/aromatic N) is 1. The van der Waals surface area contributed by atoms with Crippen LogP contribution in [0.5, 0.6) is 0 Å². The van der Waals surface area contributed by atoms with E-state index in [-0.39, 0.29) is 18.4 Å². The van der Waals surface area contributed by atoms with Crippen molar-refractivity contribution in [2.75, 3.05) is 4.90 Å². The highest BCUT2D eigenvalue weighted by atomic mass is 16.2. The van der Waals surface area contributed by atoms with Crippen LogP contribution in [0.3, 0.4) is 0 Å². The number of rotatable bonds is 2. The molecule has 0 atom stereocenters. The average molecular weight is 280 g/mol. The molecule has 2 aromatic rings. The number of hydrogen-bond acceptors (Lipinski definition) is 3. The van der Waals surface area contributed by atoms with Gasteiger partial charge in [0.15, 0.2) is 0 Å². The summed E-state index contributed by atoms with van der Waals surface area (Å²) in [6.07, 6.45) is 0. The molecule has 0 aromatic heterocycles. The van der Waals surface area contributed by atoms with E-state index in [4.69, 9.17) is 5.73 Å². The highest BCUT2D eigenvalue weighted by molar-refractivity contribution is 6.35. The van der Waals surface area contributed by atoms with Crippen molar-refractivity contribution in [3.8, 4) is 0 Å². The van der Waals surface area contributed by atoms with Crippen molar-refractivity contribution in [2.24, 2.45) is 5.73 Å². The van der Waals surface area contributed by atoms with Crippen LogP contribution < -0.4 is 10.6 Å². The SMILES string of the molecule is Cc1ccc(C)c2c1C(=O)N(c1ccccc1CN)C2=O. The first kappa shape index (κ1) is 13.5. The molecule has 0 radical (unpaired) electrons. The zero-order valence-corrected chi connectivity index (χ0v) is 12.0. The zero-order chi connectivity index (χ0) is 15.1. The van der Waals surface area contributed by atoms with Gasteiger partial charge in [-0.3, -0.25) is 9.59 Å². The Labute approximate surface area is 123 Å². The van der Waals surface area contributed by atoms with Gasteiger partial charge in [-0.1, -0.05) is 30.3 Å². The Balaban J connectivity index is 2.21. The van der Waals surface area contributed by atoms with Gasteiger partial charge in [0.1, 0.15) is 0 Å². The fraction of sp³-hybridized carbons (Fsp3) is 0.176. The summed E-state index contributed by atoms with van der Waals surface area (Å²) in [5.41, 5.74) is 9.73. The highest BCUT2D eigenvalue weighted by Crippen LogP contribution is 2.33. The summed E-state index contributed by atoms with van der Waals surface area (Å²) < 4.78 is 0. The maximum Gasteiger partial charge on any atom is 0.266 e. The molecule has 1 heterocycles. The summed E-state index contributed by atoms with van der Waals surface area (Å²) >= 11 is 0. The van der Waals surface area contributed by atoms with Crippen molar-refractivity contribution in [3.63, 3.8) is 0 Å². The maximum absolute atomic E-state index is 12.7. The lowest BCUT2D eigenvalue weighted by atomic mass is 9.99. The molecule has 0 saturated carbocycles. The summed E-state index contributed by atoms with van der Waals surface area (Å²) in [6, 6.07) is 11.0. The summed E-state index contributed by atoms with van der Waals surface area (Å²) in [5, 5.41) is 0. The van der Waals surface area contributed by atoms with Gasteiger partial charge >= 0.3 is 0 Å². The van der Waals surface area contributed by atoms with Crippen LogP contribution in [0.4, 0.5) is 5.69 Å². The van der Waals surface area contributed by atoms with Crippen LogP contribution in [0, 0.1) is 13.8 Å². The van der Waals surface area contributed by atoms with Crippen LogP contribution in [-0.4, -0.2) is 11.8 Å². The van der Waals surface area contributed by atoms with Crippen molar-refractivity contribution in [1.82, 2.24) is 0 Å². The van der Waals surface area contributed by atoms with E-state index in [1.165, 1.54) is 4.90 Å². The number of nitrogens with two attached hydrogens (primary N) is 1. The van der Waals surface area contributed by atoms with Gasteiger partial charge in [-0.05, 0) is 36.6 Å². The first-order valence-corrected chi connectivity index (χ1v) is 6.83. The molecule has 0 fully saturated rings. The molecular weight excluding hydrogens is 264 g/mol. The molecule has 106 valence electrons. The van der Waals surface area contributed by atoms with Crippen LogP contribution in [-0.2, 0) is 6.54 Å². The third kappa shape index (κ3) is 1.87. The number of benzene rings is 2. The van der Waals surface area contributed by atoms with E-state index in [0.717, 1.165) is 16.7 Å². The third-order valence-corrected chi connectivity index (χ3v) is 3.91. The molecule has 2 aromatic carbocycles. The zero-order valence-electron chi connectivity index (χ0n) is 12.0. The minimum absolute atomic E-state index is 0.267. The van der Waals surface area contributed by atoms with Gasteiger partial charge in [0.25, 0.3) is 11.8 Å². The molecular formula is C17H16N2O2. The van der Waals surface area contributed by atoms with Crippen LogP contribution >= 0.6 is 0 Å². The Morgan fingerprint density at radius 2 is 1.43 bits per heavy atom. The monoisotopic (exact) mass is 280 g/mol. The molecule has 1 aliphatic heterocycles. The Bertz CT molecular complexity index is 724. The lowest BCUT2D eigenvalue weighted by molar-refractivity contribution is 0.0925. The molecule has 0 spiro atoms. The minimum atomic E-state index is -0.267. The highest BCUT2D eigenvalue weighted by Gasteiger charge is 2.39. The number of fused-ring (bicyclic) bond motifs is 1. The minimum Gasteiger partial charge on any atom is -0.326 e. The predicted molar refractivity (Wildman–Crippen MR) is 81.4 cm³/mol. The van der Waals surface area contributed by atoms with Crippen LogP contribution in [0.15, 0.2) is 36.4 Å². The molecule has 1 aliphatic rings. The van der Waals surface area contributed by atoms with Gasteiger partial charge in [-0.25, -0.2) is 4.90 Å². The van der Waals surface area contributed by atoms with Crippen molar-refractivity contribution in [3.05, 3.63) is 64.2 Å². The number of amides is 2. The second kappa shape index (κ2) is 4.82. The van der Waals surface area contributed by atoms with Crippen molar-refractivity contribution in [1.29, 1.82) is 0 Å². The Morgan fingerprint density at radius 3 is 1.95 bits per heavy atom. The number of anilines is 1. The van der Waals surface area contributed by atoms with E-state index >= 15 is 0 Å². The van der Waals surface area contributed by atoms with Crippen LogP contribution in [0.1, 0.15) is 37.4 Å². The summed E-state index contributed by atoms with van der Waals surface area (Å²) in [7, 11) is 0. The summed E-state index contributed by atoms with van der Waals surface area (Å²) in [5.74, 6) is -0.533. The molecule has 0 bridgehead atoms. The van der Waals surface area contributed by atoms with Gasteiger partial charge in [0, 0.05) is 6.54 Å². The normalized spacial score (nSPS) is 13.8. The van der Waals surface area contributed by atoms with Crippen LogP contribution in [0.2, 0.25) is 0 Å². The quantitative estimate of drug-likeness (QED) is 0.860. The lowest BCUT2D eigenvalue weighted by Crippen LogP contribution is -2.30. The molecule has 2 amide bonds. The van der Waals surface area contributed by atoms with E-state index in [0.29, 0.717) is 16.8 Å². The third-order valence-electron chi connectivity index (χ3n) is 3.91. The lowest BCUT2D eigenvalue weighted by Gasteiger charge is -2.17. The van der Waals surface area contributed by atoms with Gasteiger partial charge < -0.3 is 5.73 Å². The standard InChI is InChI=1S/C17H16N2O2/c1-10-7-8-11(2)15-14(10)16(20)19(17(15)21)13-6-4-3-5-12(13)9-18/h3-8H,9,18H2,1-2H3. The van der Waals surface area contributed by atoms with Crippen molar-refractivity contribution in [2.45, 2.75) is 20.4 Å². The van der Waals surface area contributed by atoms with E-state index in [1.54, 1.807) is 12.1 Å². The first-order valence-electron chi connectivity index (χ1n) is 6.83. The number of hydrogen-bond donors (Lipinski definition) is 1. The van der Waals surface area contributed by atoms with Gasteiger partial charge in [-0.2, -0.15) is 0 Å². The topological polar surface area (TPSA) is 63.4 Å². The van der Waals surface area contributed by atoms with E-state index < -0.39 is 0 Å². The predicted octanol–water partition coefficient (Wildman–Crippen LogP) is 2.56. The van der Waals surface area contributed by atoms with E-state index in [1.807, 2.05) is 38.1 Å². The Kier molecular flexibility index (Phi) is 3.11. The number of carbonyl (C=O) groups is 2.